The molecule has 10 heteroatoms. The largest absolute Gasteiger partial charge is 0.463 e. The van der Waals surface area contributed by atoms with E-state index in [-0.39, 0.29) is 6.61 Å². The van der Waals surface area contributed by atoms with Crippen LogP contribution in [0, 0.1) is 13.8 Å². The molecule has 1 aromatic rings. The number of carbonyl (C=O) groups is 4. The maximum absolute atomic E-state index is 11.9. The predicted molar refractivity (Wildman–Crippen MR) is 111 cm³/mol. The number of benzene rings is 1. The summed E-state index contributed by atoms with van der Waals surface area (Å²) in [4.78, 5) is 47.0. The molecule has 0 radical (unpaired) electrons. The van der Waals surface area contributed by atoms with Gasteiger partial charge in [0.05, 0.1) is 0 Å². The van der Waals surface area contributed by atoms with Crippen LogP contribution in [0.1, 0.15) is 38.8 Å². The molecule has 0 aliphatic carbocycles. The number of hydrogen-bond acceptors (Lipinski definition) is 9. The summed E-state index contributed by atoms with van der Waals surface area (Å²) in [6.07, 6.45) is -4.49. The van der Waals surface area contributed by atoms with Gasteiger partial charge in [-0.25, -0.2) is 0 Å². The SMILES string of the molecule is CC(=O)N[C@@H]1[C@@H](Oc2cc(C)ccc2C)O[C@@H](COC(C)=O)[C@H](OC(C)=O)[C@H]1OC(C)=O. The van der Waals surface area contributed by atoms with Gasteiger partial charge >= 0.3 is 17.9 Å². The van der Waals surface area contributed by atoms with Crippen molar-refractivity contribution in [2.75, 3.05) is 6.61 Å². The van der Waals surface area contributed by atoms with Crippen molar-refractivity contribution in [2.24, 2.45) is 0 Å². The van der Waals surface area contributed by atoms with Gasteiger partial charge in [0.25, 0.3) is 0 Å². The molecule has 1 fully saturated rings. The van der Waals surface area contributed by atoms with Crippen LogP contribution in [-0.2, 0) is 38.1 Å². The molecule has 1 aromatic carbocycles. The van der Waals surface area contributed by atoms with Crippen molar-refractivity contribution >= 4 is 23.8 Å². The van der Waals surface area contributed by atoms with E-state index in [1.165, 1.54) is 27.7 Å². The molecular formula is C22H29NO9. The molecule has 1 heterocycles. The number of carbonyl (C=O) groups excluding carboxylic acids is 4. The van der Waals surface area contributed by atoms with E-state index in [1.54, 1.807) is 6.07 Å². The summed E-state index contributed by atoms with van der Waals surface area (Å²) in [6, 6.07) is 4.55. The van der Waals surface area contributed by atoms with Crippen LogP contribution in [0.15, 0.2) is 18.2 Å². The van der Waals surface area contributed by atoms with Gasteiger partial charge in [0.1, 0.15) is 24.5 Å². The summed E-state index contributed by atoms with van der Waals surface area (Å²) in [5, 5.41) is 2.67. The molecule has 32 heavy (non-hydrogen) atoms. The van der Waals surface area contributed by atoms with Crippen LogP contribution in [0.3, 0.4) is 0 Å². The summed E-state index contributed by atoms with van der Waals surface area (Å²) >= 11 is 0. The number of nitrogens with one attached hydrogen (secondary N) is 1. The first-order valence-electron chi connectivity index (χ1n) is 10.1. The highest BCUT2D eigenvalue weighted by Crippen LogP contribution is 2.30. The van der Waals surface area contributed by atoms with Crippen LogP contribution < -0.4 is 10.1 Å². The van der Waals surface area contributed by atoms with Crippen molar-refractivity contribution < 1.29 is 42.9 Å². The third kappa shape index (κ3) is 6.94. The van der Waals surface area contributed by atoms with Crippen LogP contribution in [-0.4, -0.2) is 61.1 Å². The quantitative estimate of drug-likeness (QED) is 0.483. The Bertz CT molecular complexity index is 869. The van der Waals surface area contributed by atoms with Gasteiger partial charge in [0, 0.05) is 27.7 Å². The van der Waals surface area contributed by atoms with Crippen molar-refractivity contribution in [3.05, 3.63) is 29.3 Å². The number of esters is 3. The topological polar surface area (TPSA) is 126 Å². The summed E-state index contributed by atoms with van der Waals surface area (Å²) < 4.78 is 27.9. The molecule has 0 unspecified atom stereocenters. The van der Waals surface area contributed by atoms with Gasteiger partial charge in [0.15, 0.2) is 12.2 Å². The first kappa shape index (κ1) is 25.1. The molecule has 0 bridgehead atoms. The van der Waals surface area contributed by atoms with Crippen LogP contribution in [0.5, 0.6) is 5.75 Å². The molecule has 0 spiro atoms. The molecule has 1 amide bonds. The molecule has 1 saturated heterocycles. The van der Waals surface area contributed by atoms with Crippen LogP contribution in [0.4, 0.5) is 0 Å². The fraction of sp³-hybridized carbons (Fsp3) is 0.545. The second-order valence-corrected chi connectivity index (χ2v) is 7.61. The van der Waals surface area contributed by atoms with Crippen LogP contribution in [0.2, 0.25) is 0 Å². The average molecular weight is 451 g/mol. The van der Waals surface area contributed by atoms with Gasteiger partial charge in [0.2, 0.25) is 12.2 Å². The third-order valence-corrected chi connectivity index (χ3v) is 4.66. The molecule has 1 N–H and O–H groups in total. The Hall–Kier alpha value is -3.14. The van der Waals surface area contributed by atoms with Crippen molar-refractivity contribution in [1.29, 1.82) is 0 Å². The molecule has 0 aromatic heterocycles. The Morgan fingerprint density at radius 3 is 2.12 bits per heavy atom. The highest BCUT2D eigenvalue weighted by Gasteiger charge is 2.52. The maximum Gasteiger partial charge on any atom is 0.303 e. The minimum absolute atomic E-state index is 0.287. The number of aryl methyl sites for hydroxylation is 2. The lowest BCUT2D eigenvalue weighted by Gasteiger charge is -2.44. The van der Waals surface area contributed by atoms with E-state index in [9.17, 15) is 19.2 Å². The van der Waals surface area contributed by atoms with E-state index in [2.05, 4.69) is 5.32 Å². The zero-order valence-corrected chi connectivity index (χ0v) is 19.0. The summed E-state index contributed by atoms with van der Waals surface area (Å²) in [5.74, 6) is -1.86. The molecule has 10 nitrogen and oxygen atoms in total. The van der Waals surface area contributed by atoms with Crippen molar-refractivity contribution in [3.63, 3.8) is 0 Å². The predicted octanol–water partition coefficient (Wildman–Crippen LogP) is 1.34. The van der Waals surface area contributed by atoms with E-state index < -0.39 is 54.5 Å². The average Bonchev–Trinajstić information content (AvgIpc) is 2.66. The van der Waals surface area contributed by atoms with Crippen LogP contribution >= 0.6 is 0 Å². The number of hydrogen-bond donors (Lipinski definition) is 1. The summed E-state index contributed by atoms with van der Waals surface area (Å²) in [7, 11) is 0. The van der Waals surface area contributed by atoms with E-state index in [0.717, 1.165) is 11.1 Å². The lowest BCUT2D eigenvalue weighted by Crippen LogP contribution is -2.67. The molecule has 5 atom stereocenters. The smallest absolute Gasteiger partial charge is 0.303 e. The molecular weight excluding hydrogens is 422 g/mol. The zero-order chi connectivity index (χ0) is 24.0. The molecule has 1 aliphatic rings. The van der Waals surface area contributed by atoms with Crippen molar-refractivity contribution in [3.8, 4) is 5.75 Å². The van der Waals surface area contributed by atoms with E-state index in [4.69, 9.17) is 23.7 Å². The van der Waals surface area contributed by atoms with E-state index >= 15 is 0 Å². The van der Waals surface area contributed by atoms with E-state index in [1.807, 2.05) is 26.0 Å². The second-order valence-electron chi connectivity index (χ2n) is 7.61. The maximum atomic E-state index is 11.9. The number of ether oxygens (including phenoxy) is 5. The molecule has 176 valence electrons. The molecule has 2 rings (SSSR count). The molecule has 0 saturated carbocycles. The van der Waals surface area contributed by atoms with E-state index in [0.29, 0.717) is 5.75 Å². The van der Waals surface area contributed by atoms with Crippen molar-refractivity contribution in [1.82, 2.24) is 5.32 Å². The first-order chi connectivity index (χ1) is 15.0. The van der Waals surface area contributed by atoms with Gasteiger partial charge in [-0.3, -0.25) is 19.2 Å². The fourth-order valence-corrected chi connectivity index (χ4v) is 3.35. The number of rotatable bonds is 7. The summed E-state index contributed by atoms with van der Waals surface area (Å²) in [6.45, 7) is 8.31. The lowest BCUT2D eigenvalue weighted by molar-refractivity contribution is -0.257. The summed E-state index contributed by atoms with van der Waals surface area (Å²) in [5.41, 5.74) is 1.74. The highest BCUT2D eigenvalue weighted by atomic mass is 16.7. The molecule has 1 aliphatic heterocycles. The Balaban J connectivity index is 2.49. The highest BCUT2D eigenvalue weighted by molar-refractivity contribution is 5.73. The van der Waals surface area contributed by atoms with Gasteiger partial charge in [-0.2, -0.15) is 0 Å². The Labute approximate surface area is 186 Å². The number of amides is 1. The first-order valence-corrected chi connectivity index (χ1v) is 10.1. The standard InChI is InChI=1S/C22H29NO9/c1-11-7-8-12(2)17(9-11)31-22-19(23-13(3)24)21(30-16(6)27)20(29-15(5)26)18(32-22)10-28-14(4)25/h7-9,18-22H,10H2,1-6H3,(H,23,24)/t18-,19-,20-,21-,22-/m0/s1. The van der Waals surface area contributed by atoms with Gasteiger partial charge < -0.3 is 29.0 Å². The minimum Gasteiger partial charge on any atom is -0.463 e. The Kier molecular flexibility index (Phi) is 8.59. The Morgan fingerprint density at radius 2 is 1.56 bits per heavy atom. The van der Waals surface area contributed by atoms with Crippen LogP contribution in [0.25, 0.3) is 0 Å². The third-order valence-electron chi connectivity index (χ3n) is 4.66. The van der Waals surface area contributed by atoms with Gasteiger partial charge in [-0.15, -0.1) is 0 Å². The van der Waals surface area contributed by atoms with Gasteiger partial charge in [-0.1, -0.05) is 12.1 Å². The minimum atomic E-state index is -1.16. The van der Waals surface area contributed by atoms with Crippen molar-refractivity contribution in [2.45, 2.75) is 72.2 Å². The second kappa shape index (κ2) is 10.9. The Morgan fingerprint density at radius 1 is 0.938 bits per heavy atom. The lowest BCUT2D eigenvalue weighted by atomic mass is 9.96. The zero-order valence-electron chi connectivity index (χ0n) is 19.0. The fourth-order valence-electron chi connectivity index (χ4n) is 3.35. The van der Waals surface area contributed by atoms with Gasteiger partial charge in [-0.05, 0) is 31.0 Å². The monoisotopic (exact) mass is 451 g/mol. The normalized spacial score (nSPS) is 24.8.